The van der Waals surface area contributed by atoms with Crippen LogP contribution in [0.1, 0.15) is 44.2 Å². The smallest absolute Gasteiger partial charge is 0.227 e. The van der Waals surface area contributed by atoms with E-state index in [0.29, 0.717) is 35.5 Å². The second kappa shape index (κ2) is 15.9. The first-order chi connectivity index (χ1) is 21.0. The number of rotatable bonds is 13. The van der Waals surface area contributed by atoms with Crippen LogP contribution in [0.3, 0.4) is 0 Å². The van der Waals surface area contributed by atoms with Crippen molar-refractivity contribution in [3.63, 3.8) is 0 Å². The molecule has 0 spiro atoms. The highest BCUT2D eigenvalue weighted by molar-refractivity contribution is 6.35. The van der Waals surface area contributed by atoms with E-state index in [4.69, 9.17) is 34.7 Å². The quantitative estimate of drug-likeness (QED) is 0.139. The summed E-state index contributed by atoms with van der Waals surface area (Å²) in [7, 11) is 4.24. The van der Waals surface area contributed by atoms with E-state index >= 15 is 0 Å². The van der Waals surface area contributed by atoms with Crippen molar-refractivity contribution in [2.45, 2.75) is 64.1 Å². The predicted octanol–water partition coefficient (Wildman–Crippen LogP) is 5.84. The lowest BCUT2D eigenvalue weighted by Crippen LogP contribution is -2.62. The molecule has 1 fully saturated rings. The average molecular weight is 640 g/mol. The largest absolute Gasteiger partial charge is 0.370 e. The van der Waals surface area contributed by atoms with Gasteiger partial charge >= 0.3 is 0 Å². The van der Waals surface area contributed by atoms with Gasteiger partial charge in [-0.05, 0) is 79.7 Å². The van der Waals surface area contributed by atoms with Crippen LogP contribution in [0.25, 0.3) is 10.8 Å². The first-order valence-corrected chi connectivity index (χ1v) is 16.4. The molecular formula is C35H48Cl2N6O. The molecule has 9 heteroatoms. The number of guanidine groups is 1. The highest BCUT2D eigenvalue weighted by Gasteiger charge is 2.37. The van der Waals surface area contributed by atoms with E-state index in [1.807, 2.05) is 30.3 Å². The molecule has 0 aliphatic carbocycles. The van der Waals surface area contributed by atoms with Gasteiger partial charge in [0.15, 0.2) is 5.96 Å². The Morgan fingerprint density at radius 2 is 1.75 bits per heavy atom. The summed E-state index contributed by atoms with van der Waals surface area (Å²) in [5, 5.41) is 3.68. The van der Waals surface area contributed by atoms with E-state index in [9.17, 15) is 4.79 Å². The third-order valence-corrected chi connectivity index (χ3v) is 9.27. The van der Waals surface area contributed by atoms with Crippen molar-refractivity contribution in [2.24, 2.45) is 22.4 Å². The van der Waals surface area contributed by atoms with Gasteiger partial charge in [0.25, 0.3) is 0 Å². The number of carbonyl (C=O) groups excluding carboxylic acids is 1. The number of piperazine rings is 1. The van der Waals surface area contributed by atoms with E-state index in [1.54, 1.807) is 0 Å². The predicted molar refractivity (Wildman–Crippen MR) is 186 cm³/mol. The molecular weight excluding hydrogens is 591 g/mol. The van der Waals surface area contributed by atoms with Crippen molar-refractivity contribution >= 4 is 45.8 Å². The SMILES string of the molecule is CC(C)CC1CN(CC(Cc2ccc(Cl)cc2Cl)N(C)C)C(CCCN=C(N)N)CN1C(=O)Cc1ccc2ccccc2c1. The zero-order chi connectivity index (χ0) is 31.8. The molecule has 3 unspecified atom stereocenters. The number of fused-ring (bicyclic) bond motifs is 1. The Hall–Kier alpha value is -2.84. The number of likely N-dealkylation sites (N-methyl/N-ethyl adjacent to an activating group) is 1. The third-order valence-electron chi connectivity index (χ3n) is 8.68. The summed E-state index contributed by atoms with van der Waals surface area (Å²) in [6, 6.07) is 21.0. The summed E-state index contributed by atoms with van der Waals surface area (Å²) >= 11 is 12.8. The van der Waals surface area contributed by atoms with E-state index in [1.165, 1.54) is 5.39 Å². The summed E-state index contributed by atoms with van der Waals surface area (Å²) in [6.45, 7) is 7.43. The number of amides is 1. The van der Waals surface area contributed by atoms with Crippen molar-refractivity contribution in [2.75, 3.05) is 40.3 Å². The minimum absolute atomic E-state index is 0.113. The lowest BCUT2D eigenvalue weighted by Gasteiger charge is -2.48. The molecule has 238 valence electrons. The van der Waals surface area contributed by atoms with Gasteiger partial charge < -0.3 is 21.3 Å². The molecule has 44 heavy (non-hydrogen) atoms. The molecule has 3 atom stereocenters. The average Bonchev–Trinajstić information content (AvgIpc) is 2.96. The third kappa shape index (κ3) is 9.58. The second-order valence-electron chi connectivity index (χ2n) is 12.8. The Bertz CT molecular complexity index is 1420. The van der Waals surface area contributed by atoms with Gasteiger partial charge in [-0.15, -0.1) is 0 Å². The maximum absolute atomic E-state index is 14.0. The summed E-state index contributed by atoms with van der Waals surface area (Å²) in [4.78, 5) is 25.3. The normalized spacial score (nSPS) is 18.2. The summed E-state index contributed by atoms with van der Waals surface area (Å²) in [5.74, 6) is 0.771. The molecule has 0 radical (unpaired) electrons. The maximum atomic E-state index is 14.0. The molecule has 4 N–H and O–H groups in total. The Kier molecular flexibility index (Phi) is 12.3. The van der Waals surface area contributed by atoms with Crippen LogP contribution in [0, 0.1) is 5.92 Å². The van der Waals surface area contributed by atoms with Crippen LogP contribution in [0.4, 0.5) is 0 Å². The van der Waals surface area contributed by atoms with Crippen LogP contribution in [-0.2, 0) is 17.6 Å². The number of aliphatic imine (C=N–C) groups is 1. The van der Waals surface area contributed by atoms with Crippen LogP contribution in [-0.4, -0.2) is 85.0 Å². The van der Waals surface area contributed by atoms with Crippen molar-refractivity contribution in [1.82, 2.24) is 14.7 Å². The molecule has 7 nitrogen and oxygen atoms in total. The summed E-state index contributed by atoms with van der Waals surface area (Å²) in [6.07, 6.45) is 3.90. The molecule has 1 saturated heterocycles. The van der Waals surface area contributed by atoms with Crippen molar-refractivity contribution < 1.29 is 4.79 Å². The van der Waals surface area contributed by atoms with Gasteiger partial charge in [-0.3, -0.25) is 14.7 Å². The highest BCUT2D eigenvalue weighted by Crippen LogP contribution is 2.28. The molecule has 1 aliphatic heterocycles. The lowest BCUT2D eigenvalue weighted by molar-refractivity contribution is -0.138. The number of nitrogens with two attached hydrogens (primary N) is 2. The fourth-order valence-corrected chi connectivity index (χ4v) is 6.83. The molecule has 1 aliphatic rings. The Balaban J connectivity index is 1.57. The van der Waals surface area contributed by atoms with Crippen molar-refractivity contribution in [3.05, 3.63) is 81.8 Å². The van der Waals surface area contributed by atoms with Gasteiger partial charge in [-0.25, -0.2) is 0 Å². The number of halogens is 2. The fraction of sp³-hybridized carbons (Fsp3) is 0.486. The highest BCUT2D eigenvalue weighted by atomic mass is 35.5. The van der Waals surface area contributed by atoms with Gasteiger partial charge in [0, 0.05) is 54.3 Å². The van der Waals surface area contributed by atoms with Crippen molar-refractivity contribution in [3.8, 4) is 0 Å². The van der Waals surface area contributed by atoms with Crippen LogP contribution < -0.4 is 11.5 Å². The second-order valence-corrected chi connectivity index (χ2v) is 13.6. The maximum Gasteiger partial charge on any atom is 0.227 e. The van der Waals surface area contributed by atoms with Crippen LogP contribution in [0.15, 0.2) is 65.7 Å². The van der Waals surface area contributed by atoms with Crippen LogP contribution in [0.5, 0.6) is 0 Å². The zero-order valence-electron chi connectivity index (χ0n) is 26.6. The van der Waals surface area contributed by atoms with Crippen LogP contribution >= 0.6 is 23.2 Å². The van der Waals surface area contributed by atoms with Gasteiger partial charge in [-0.1, -0.05) is 85.6 Å². The first kappa shape index (κ1) is 34.0. The Morgan fingerprint density at radius 3 is 2.43 bits per heavy atom. The molecule has 3 aromatic carbocycles. The molecule has 1 heterocycles. The fourth-order valence-electron chi connectivity index (χ4n) is 6.34. The Labute approximate surface area is 273 Å². The number of carbonyl (C=O) groups is 1. The van der Waals surface area contributed by atoms with Gasteiger partial charge in [0.2, 0.25) is 5.91 Å². The van der Waals surface area contributed by atoms with Gasteiger partial charge in [-0.2, -0.15) is 0 Å². The van der Waals surface area contributed by atoms with E-state index < -0.39 is 0 Å². The topological polar surface area (TPSA) is 91.2 Å². The minimum atomic E-state index is 0.113. The number of hydrogen-bond acceptors (Lipinski definition) is 4. The van der Waals surface area contributed by atoms with Gasteiger partial charge in [0.1, 0.15) is 0 Å². The van der Waals surface area contributed by atoms with E-state index in [2.05, 4.69) is 78.0 Å². The number of nitrogens with zero attached hydrogens (tertiary/aromatic N) is 4. The molecule has 1 amide bonds. The molecule has 3 aromatic rings. The molecule has 4 rings (SSSR count). The zero-order valence-corrected chi connectivity index (χ0v) is 28.1. The monoisotopic (exact) mass is 638 g/mol. The van der Waals surface area contributed by atoms with Crippen LogP contribution in [0.2, 0.25) is 10.0 Å². The lowest BCUT2D eigenvalue weighted by atomic mass is 9.93. The summed E-state index contributed by atoms with van der Waals surface area (Å²) in [5.41, 5.74) is 13.4. The van der Waals surface area contributed by atoms with Crippen molar-refractivity contribution in [1.29, 1.82) is 0 Å². The molecule has 0 bridgehead atoms. The number of benzene rings is 3. The first-order valence-electron chi connectivity index (χ1n) is 15.7. The number of hydrogen-bond donors (Lipinski definition) is 2. The Morgan fingerprint density at radius 1 is 1.00 bits per heavy atom. The summed E-state index contributed by atoms with van der Waals surface area (Å²) < 4.78 is 0. The van der Waals surface area contributed by atoms with Gasteiger partial charge in [0.05, 0.1) is 6.42 Å². The standard InChI is InChI=1S/C35H48Cl2N6O/c1-24(2)16-32-22-42(21-31(41(3)4)19-28-13-14-29(36)20-33(28)37)30(10-7-15-40-35(38)39)23-43(32)34(44)18-25-11-12-26-8-5-6-9-27(26)17-25/h5-6,8-9,11-14,17,20,24,30-32H,7,10,15-16,18-19,21-23H2,1-4H3,(H4,38,39,40). The molecule has 0 aromatic heterocycles. The minimum Gasteiger partial charge on any atom is -0.370 e. The van der Waals surface area contributed by atoms with E-state index in [0.717, 1.165) is 55.3 Å². The van der Waals surface area contributed by atoms with E-state index in [-0.39, 0.29) is 30.0 Å². The molecule has 0 saturated carbocycles.